The van der Waals surface area contributed by atoms with Gasteiger partial charge in [-0.1, -0.05) is 19.9 Å². The van der Waals surface area contributed by atoms with Gasteiger partial charge in [-0.15, -0.1) is 0 Å². The minimum absolute atomic E-state index is 0.0783. The first-order valence-electron chi connectivity index (χ1n) is 12.4. The van der Waals surface area contributed by atoms with Crippen molar-refractivity contribution in [1.82, 2.24) is 9.97 Å². The molecule has 0 saturated carbocycles. The summed E-state index contributed by atoms with van der Waals surface area (Å²) in [6.45, 7) is 8.53. The molecule has 6 nitrogen and oxygen atoms in total. The largest absolute Gasteiger partial charge is 0.416 e. The summed E-state index contributed by atoms with van der Waals surface area (Å²) in [5.41, 5.74) is 4.04. The number of aryl methyl sites for hydroxylation is 1. The highest BCUT2D eigenvalue weighted by Gasteiger charge is 2.38. The van der Waals surface area contributed by atoms with Crippen LogP contribution in [-0.2, 0) is 17.3 Å². The highest BCUT2D eigenvalue weighted by Crippen LogP contribution is 2.40. The third kappa shape index (κ3) is 5.05. The molecule has 2 aromatic heterocycles. The molecule has 0 radical (unpaired) electrons. The Kier molecular flexibility index (Phi) is 6.66. The van der Waals surface area contributed by atoms with Crippen molar-refractivity contribution in [2.24, 2.45) is 11.8 Å². The SMILES string of the molecule is Cc1ncc(NC(=O)c2cccc(C(F)(F)F)c2)cc1-c1cnc2c(c1)N1CCOC[C@@H]1[C@@H](C(C)C)C2. The van der Waals surface area contributed by atoms with Gasteiger partial charge in [0, 0.05) is 35.1 Å². The lowest BCUT2D eigenvalue weighted by atomic mass is 9.80. The quantitative estimate of drug-likeness (QED) is 0.484. The van der Waals surface area contributed by atoms with Crippen molar-refractivity contribution >= 4 is 17.3 Å². The minimum Gasteiger partial charge on any atom is -0.377 e. The molecule has 1 N–H and O–H groups in total. The number of carbonyl (C=O) groups is 1. The Hall–Kier alpha value is -3.46. The number of hydrogen-bond acceptors (Lipinski definition) is 5. The highest BCUT2D eigenvalue weighted by atomic mass is 19.4. The lowest BCUT2D eigenvalue weighted by Gasteiger charge is -2.47. The number of alkyl halides is 3. The van der Waals surface area contributed by atoms with E-state index < -0.39 is 17.6 Å². The third-order valence-electron chi connectivity index (χ3n) is 7.31. The van der Waals surface area contributed by atoms with Crippen molar-refractivity contribution in [2.75, 3.05) is 30.0 Å². The Labute approximate surface area is 213 Å². The molecular weight excluding hydrogens is 481 g/mol. The number of pyridine rings is 2. The average Bonchev–Trinajstić information content (AvgIpc) is 2.88. The van der Waals surface area contributed by atoms with E-state index in [4.69, 9.17) is 9.72 Å². The van der Waals surface area contributed by atoms with Crippen LogP contribution in [0.4, 0.5) is 24.5 Å². The van der Waals surface area contributed by atoms with E-state index in [2.05, 4.69) is 35.1 Å². The van der Waals surface area contributed by atoms with Gasteiger partial charge in [0.25, 0.3) is 5.91 Å². The molecule has 2 atom stereocenters. The van der Waals surface area contributed by atoms with Crippen molar-refractivity contribution in [3.63, 3.8) is 0 Å². The van der Waals surface area contributed by atoms with Crippen molar-refractivity contribution < 1.29 is 22.7 Å². The summed E-state index contributed by atoms with van der Waals surface area (Å²) in [5, 5.41) is 2.68. The van der Waals surface area contributed by atoms with Crippen LogP contribution >= 0.6 is 0 Å². The standard InChI is InChI=1S/C28H29F3N4O2/c1-16(2)22-12-24-25(35-7-8-37-15-26(22)35)10-19(13-33-24)23-11-21(14-32-17(23)3)34-27(36)18-5-4-6-20(9-18)28(29,30)31/h4-6,9-11,13-14,16,22,26H,7-8,12,15H2,1-3H3,(H,34,36)/t22-,26-/m1/s1. The fourth-order valence-corrected chi connectivity index (χ4v) is 5.28. The molecule has 194 valence electrons. The predicted molar refractivity (Wildman–Crippen MR) is 136 cm³/mol. The van der Waals surface area contributed by atoms with Crippen molar-refractivity contribution in [1.29, 1.82) is 0 Å². The molecule has 9 heteroatoms. The normalized spacial score (nSPS) is 19.4. The number of benzene rings is 1. The van der Waals surface area contributed by atoms with Gasteiger partial charge in [0.1, 0.15) is 0 Å². The van der Waals surface area contributed by atoms with Crippen LogP contribution in [0.15, 0.2) is 48.8 Å². The van der Waals surface area contributed by atoms with Crippen molar-refractivity contribution in [2.45, 2.75) is 39.4 Å². The maximum atomic E-state index is 13.1. The van der Waals surface area contributed by atoms with Gasteiger partial charge in [-0.2, -0.15) is 13.2 Å². The fraction of sp³-hybridized carbons (Fsp3) is 0.393. The Morgan fingerprint density at radius 3 is 2.73 bits per heavy atom. The number of ether oxygens (including phenoxy) is 1. The molecule has 0 aliphatic carbocycles. The van der Waals surface area contributed by atoms with E-state index in [9.17, 15) is 18.0 Å². The van der Waals surface area contributed by atoms with Crippen LogP contribution in [0.2, 0.25) is 0 Å². The van der Waals surface area contributed by atoms with E-state index in [0.29, 0.717) is 36.8 Å². The van der Waals surface area contributed by atoms with Gasteiger partial charge in [-0.3, -0.25) is 14.8 Å². The van der Waals surface area contributed by atoms with Crippen LogP contribution in [0.3, 0.4) is 0 Å². The summed E-state index contributed by atoms with van der Waals surface area (Å²) in [7, 11) is 0. The van der Waals surface area contributed by atoms with E-state index in [0.717, 1.165) is 53.3 Å². The van der Waals surface area contributed by atoms with Gasteiger partial charge in [-0.05, 0) is 55.5 Å². The number of nitrogens with zero attached hydrogens (tertiary/aromatic N) is 3. The number of halogens is 3. The van der Waals surface area contributed by atoms with Crippen LogP contribution in [0.1, 0.15) is 41.2 Å². The van der Waals surface area contributed by atoms with Gasteiger partial charge in [0.05, 0.1) is 48.1 Å². The number of fused-ring (bicyclic) bond motifs is 3. The zero-order valence-electron chi connectivity index (χ0n) is 21.0. The monoisotopic (exact) mass is 510 g/mol. The summed E-state index contributed by atoms with van der Waals surface area (Å²) in [6, 6.07) is 8.56. The van der Waals surface area contributed by atoms with E-state index in [1.165, 1.54) is 18.3 Å². The summed E-state index contributed by atoms with van der Waals surface area (Å²) in [6.07, 6.45) is -0.300. The topological polar surface area (TPSA) is 67.4 Å². The van der Waals surface area contributed by atoms with E-state index >= 15 is 0 Å². The van der Waals surface area contributed by atoms with E-state index in [-0.39, 0.29) is 5.56 Å². The van der Waals surface area contributed by atoms with Gasteiger partial charge in [-0.25, -0.2) is 0 Å². The number of nitrogens with one attached hydrogen (secondary N) is 1. The smallest absolute Gasteiger partial charge is 0.377 e. The molecule has 1 aromatic carbocycles. The number of anilines is 2. The van der Waals surface area contributed by atoms with Crippen LogP contribution in [0.5, 0.6) is 0 Å². The molecular formula is C28H29F3N4O2. The maximum Gasteiger partial charge on any atom is 0.416 e. The average molecular weight is 511 g/mol. The van der Waals surface area contributed by atoms with Gasteiger partial charge >= 0.3 is 6.18 Å². The molecule has 1 amide bonds. The molecule has 3 aromatic rings. The molecule has 0 spiro atoms. The van der Waals surface area contributed by atoms with Crippen LogP contribution in [-0.4, -0.2) is 41.7 Å². The summed E-state index contributed by atoms with van der Waals surface area (Å²) >= 11 is 0. The second-order valence-electron chi connectivity index (χ2n) is 10.0. The minimum atomic E-state index is -4.52. The van der Waals surface area contributed by atoms with Crippen LogP contribution in [0, 0.1) is 18.8 Å². The molecule has 1 fully saturated rings. The van der Waals surface area contributed by atoms with E-state index in [1.54, 1.807) is 6.07 Å². The van der Waals surface area contributed by atoms with E-state index in [1.807, 2.05) is 13.1 Å². The molecule has 2 aliphatic heterocycles. The number of amides is 1. The first-order chi connectivity index (χ1) is 17.6. The fourth-order valence-electron chi connectivity index (χ4n) is 5.28. The highest BCUT2D eigenvalue weighted by molar-refractivity contribution is 6.04. The molecule has 4 heterocycles. The van der Waals surface area contributed by atoms with Crippen molar-refractivity contribution in [3.8, 4) is 11.1 Å². The Bertz CT molecular complexity index is 1330. The Morgan fingerprint density at radius 2 is 1.97 bits per heavy atom. The summed E-state index contributed by atoms with van der Waals surface area (Å²) < 4.78 is 45.0. The first kappa shape index (κ1) is 25.2. The lowest BCUT2D eigenvalue weighted by Crippen LogP contribution is -2.54. The first-order valence-corrected chi connectivity index (χ1v) is 12.4. The third-order valence-corrected chi connectivity index (χ3v) is 7.31. The summed E-state index contributed by atoms with van der Waals surface area (Å²) in [5.74, 6) is 0.332. The number of aromatic nitrogens is 2. The van der Waals surface area contributed by atoms with Gasteiger partial charge < -0.3 is 15.0 Å². The molecule has 37 heavy (non-hydrogen) atoms. The second kappa shape index (κ2) is 9.78. The Morgan fingerprint density at radius 1 is 1.16 bits per heavy atom. The van der Waals surface area contributed by atoms with Crippen molar-refractivity contribution in [3.05, 3.63) is 71.3 Å². The van der Waals surface area contributed by atoms with Crippen LogP contribution < -0.4 is 10.2 Å². The second-order valence-corrected chi connectivity index (χ2v) is 10.0. The molecule has 1 saturated heterocycles. The predicted octanol–water partition coefficient (Wildman–Crippen LogP) is 5.76. The van der Waals surface area contributed by atoms with Gasteiger partial charge in [0.15, 0.2) is 0 Å². The Balaban J connectivity index is 1.44. The number of hydrogen-bond donors (Lipinski definition) is 1. The molecule has 5 rings (SSSR count). The number of rotatable bonds is 4. The lowest BCUT2D eigenvalue weighted by molar-refractivity contribution is -0.137. The zero-order chi connectivity index (χ0) is 26.3. The zero-order valence-corrected chi connectivity index (χ0v) is 21.0. The molecule has 2 aliphatic rings. The molecule has 0 unspecified atom stereocenters. The van der Waals surface area contributed by atoms with Gasteiger partial charge in [0.2, 0.25) is 0 Å². The number of morpholine rings is 1. The number of carbonyl (C=O) groups excluding carboxylic acids is 1. The van der Waals surface area contributed by atoms with Crippen LogP contribution in [0.25, 0.3) is 11.1 Å². The maximum absolute atomic E-state index is 13.1. The summed E-state index contributed by atoms with van der Waals surface area (Å²) in [4.78, 5) is 24.4. The molecule has 0 bridgehead atoms.